The summed E-state index contributed by atoms with van der Waals surface area (Å²) in [7, 11) is 0. The van der Waals surface area contributed by atoms with Gasteiger partial charge in [-0.2, -0.15) is 0 Å². The Morgan fingerprint density at radius 1 is 1.24 bits per heavy atom. The molecule has 21 heavy (non-hydrogen) atoms. The highest BCUT2D eigenvalue weighted by Crippen LogP contribution is 2.27. The Hall–Kier alpha value is -0.870. The van der Waals surface area contributed by atoms with Crippen molar-refractivity contribution in [1.29, 1.82) is 0 Å². The van der Waals surface area contributed by atoms with E-state index in [0.717, 1.165) is 26.1 Å². The zero-order chi connectivity index (χ0) is 15.0. The molecule has 2 aliphatic rings. The first-order chi connectivity index (χ1) is 9.97. The fourth-order valence-corrected chi connectivity index (χ4v) is 3.70. The van der Waals surface area contributed by atoms with Gasteiger partial charge >= 0.3 is 0 Å². The molecular formula is C17H30N4. The highest BCUT2D eigenvalue weighted by Gasteiger charge is 2.29. The molecule has 3 heterocycles. The lowest BCUT2D eigenvalue weighted by atomic mass is 9.95. The highest BCUT2D eigenvalue weighted by atomic mass is 15.2. The molecule has 1 aromatic heterocycles. The molecule has 2 aliphatic heterocycles. The monoisotopic (exact) mass is 290 g/mol. The summed E-state index contributed by atoms with van der Waals surface area (Å²) in [6, 6.07) is 0.613. The van der Waals surface area contributed by atoms with E-state index in [1.54, 1.807) is 0 Å². The maximum atomic E-state index is 4.98. The fourth-order valence-electron chi connectivity index (χ4n) is 3.70. The van der Waals surface area contributed by atoms with Gasteiger partial charge in [0.1, 0.15) is 5.82 Å². The van der Waals surface area contributed by atoms with Gasteiger partial charge in [0, 0.05) is 43.2 Å². The second-order valence-corrected chi connectivity index (χ2v) is 7.71. The predicted octanol–water partition coefficient (Wildman–Crippen LogP) is 2.31. The van der Waals surface area contributed by atoms with Crippen molar-refractivity contribution in [3.8, 4) is 0 Å². The van der Waals surface area contributed by atoms with Crippen LogP contribution < -0.4 is 5.32 Å². The van der Waals surface area contributed by atoms with Crippen LogP contribution in [0.15, 0.2) is 0 Å². The third-order valence-electron chi connectivity index (χ3n) is 4.87. The topological polar surface area (TPSA) is 33.1 Å². The van der Waals surface area contributed by atoms with Crippen molar-refractivity contribution in [2.24, 2.45) is 0 Å². The number of fused-ring (bicyclic) bond motifs is 1. The second kappa shape index (κ2) is 5.73. The number of aromatic nitrogens is 2. The summed E-state index contributed by atoms with van der Waals surface area (Å²) >= 11 is 0. The lowest BCUT2D eigenvalue weighted by Gasteiger charge is -2.28. The number of nitrogens with zero attached hydrogens (tertiary/aromatic N) is 3. The minimum absolute atomic E-state index is 0.113. The normalized spacial score (nSPS) is 21.5. The third kappa shape index (κ3) is 3.02. The van der Waals surface area contributed by atoms with Crippen molar-refractivity contribution in [2.75, 3.05) is 19.6 Å². The fraction of sp³-hybridized carbons (Fsp3) is 0.824. The highest BCUT2D eigenvalue weighted by molar-refractivity contribution is 5.23. The summed E-state index contributed by atoms with van der Waals surface area (Å²) < 4.78 is 2.54. The Kier molecular flexibility index (Phi) is 4.10. The van der Waals surface area contributed by atoms with E-state index in [1.807, 2.05) is 0 Å². The van der Waals surface area contributed by atoms with Crippen LogP contribution in [0.2, 0.25) is 0 Å². The van der Waals surface area contributed by atoms with Gasteiger partial charge in [-0.15, -0.1) is 0 Å². The molecule has 1 saturated heterocycles. The second-order valence-electron chi connectivity index (χ2n) is 7.71. The van der Waals surface area contributed by atoms with E-state index >= 15 is 0 Å². The van der Waals surface area contributed by atoms with Gasteiger partial charge < -0.3 is 9.88 Å². The zero-order valence-electron chi connectivity index (χ0n) is 14.1. The Labute approximate surface area is 128 Å². The number of hydrogen-bond donors (Lipinski definition) is 1. The zero-order valence-corrected chi connectivity index (χ0v) is 14.1. The molecule has 0 aliphatic carbocycles. The number of nitrogens with one attached hydrogen (secondary N) is 1. The largest absolute Gasteiger partial charge is 0.330 e. The third-order valence-corrected chi connectivity index (χ3v) is 4.87. The SMILES string of the molecule is CC(Cn1c(C(C)(C)C)nc2c1CCNC2)N1CCCC1. The molecule has 0 radical (unpaired) electrons. The molecule has 3 rings (SSSR count). The van der Waals surface area contributed by atoms with E-state index in [2.05, 4.69) is 42.5 Å². The molecule has 1 unspecified atom stereocenters. The Bertz CT molecular complexity index is 492. The number of likely N-dealkylation sites (tertiary alicyclic amines) is 1. The molecule has 0 bridgehead atoms. The van der Waals surface area contributed by atoms with Gasteiger partial charge in [0.25, 0.3) is 0 Å². The van der Waals surface area contributed by atoms with Gasteiger partial charge in [0.2, 0.25) is 0 Å². The van der Waals surface area contributed by atoms with E-state index in [0.29, 0.717) is 6.04 Å². The molecule has 1 aromatic rings. The van der Waals surface area contributed by atoms with Crippen LogP contribution in [0.4, 0.5) is 0 Å². The molecule has 0 amide bonds. The molecule has 4 nitrogen and oxygen atoms in total. The quantitative estimate of drug-likeness (QED) is 0.927. The summed E-state index contributed by atoms with van der Waals surface area (Å²) in [4.78, 5) is 7.62. The Balaban J connectivity index is 1.89. The van der Waals surface area contributed by atoms with E-state index < -0.39 is 0 Å². The summed E-state index contributed by atoms with van der Waals surface area (Å²) in [6.07, 6.45) is 3.84. The number of hydrogen-bond acceptors (Lipinski definition) is 3. The van der Waals surface area contributed by atoms with Crippen LogP contribution in [-0.2, 0) is 24.9 Å². The minimum atomic E-state index is 0.113. The number of imidazole rings is 1. The van der Waals surface area contributed by atoms with Gasteiger partial charge in [-0.05, 0) is 32.9 Å². The van der Waals surface area contributed by atoms with Gasteiger partial charge in [-0.1, -0.05) is 20.8 Å². The predicted molar refractivity (Wildman–Crippen MR) is 86.6 cm³/mol. The van der Waals surface area contributed by atoms with Crippen LogP contribution in [0.3, 0.4) is 0 Å². The Morgan fingerprint density at radius 2 is 1.95 bits per heavy atom. The molecule has 1 N–H and O–H groups in total. The van der Waals surface area contributed by atoms with E-state index in [9.17, 15) is 0 Å². The standard InChI is InChI=1S/C17H30N4/c1-13(20-9-5-6-10-20)12-21-15-7-8-18-11-14(15)19-16(21)17(2,3)4/h13,18H,5-12H2,1-4H3. The lowest BCUT2D eigenvalue weighted by molar-refractivity contribution is 0.230. The van der Waals surface area contributed by atoms with Crippen molar-refractivity contribution >= 4 is 0 Å². The van der Waals surface area contributed by atoms with Crippen LogP contribution in [0.25, 0.3) is 0 Å². The van der Waals surface area contributed by atoms with Crippen molar-refractivity contribution in [3.05, 3.63) is 17.2 Å². The molecule has 118 valence electrons. The molecule has 0 spiro atoms. The van der Waals surface area contributed by atoms with Gasteiger partial charge in [-0.3, -0.25) is 4.90 Å². The minimum Gasteiger partial charge on any atom is -0.330 e. The van der Waals surface area contributed by atoms with Crippen LogP contribution in [0, 0.1) is 0 Å². The van der Waals surface area contributed by atoms with Crippen LogP contribution in [0.1, 0.15) is 57.7 Å². The van der Waals surface area contributed by atoms with E-state index in [-0.39, 0.29) is 5.41 Å². The maximum Gasteiger partial charge on any atom is 0.114 e. The van der Waals surface area contributed by atoms with Crippen molar-refractivity contribution < 1.29 is 0 Å². The molecular weight excluding hydrogens is 260 g/mol. The van der Waals surface area contributed by atoms with Crippen LogP contribution in [-0.4, -0.2) is 40.1 Å². The molecule has 1 fully saturated rings. The van der Waals surface area contributed by atoms with E-state index in [4.69, 9.17) is 4.98 Å². The lowest BCUT2D eigenvalue weighted by Crippen LogP contribution is -2.36. The number of rotatable bonds is 3. The van der Waals surface area contributed by atoms with Crippen molar-refractivity contribution in [2.45, 2.75) is 71.5 Å². The molecule has 1 atom stereocenters. The van der Waals surface area contributed by atoms with Crippen LogP contribution >= 0.6 is 0 Å². The van der Waals surface area contributed by atoms with Crippen molar-refractivity contribution in [3.63, 3.8) is 0 Å². The summed E-state index contributed by atoms with van der Waals surface area (Å²) in [5, 5.41) is 3.46. The maximum absolute atomic E-state index is 4.98. The first-order valence-corrected chi connectivity index (χ1v) is 8.50. The van der Waals surface area contributed by atoms with Crippen LogP contribution in [0.5, 0.6) is 0 Å². The summed E-state index contributed by atoms with van der Waals surface area (Å²) in [5.74, 6) is 1.27. The van der Waals surface area contributed by atoms with E-state index in [1.165, 1.54) is 43.1 Å². The molecule has 0 saturated carbocycles. The van der Waals surface area contributed by atoms with Crippen molar-refractivity contribution in [1.82, 2.24) is 19.8 Å². The average molecular weight is 290 g/mol. The smallest absolute Gasteiger partial charge is 0.114 e. The summed E-state index contributed by atoms with van der Waals surface area (Å²) in [5.41, 5.74) is 2.87. The summed E-state index contributed by atoms with van der Waals surface area (Å²) in [6.45, 7) is 14.9. The van der Waals surface area contributed by atoms with Gasteiger partial charge in [-0.25, -0.2) is 4.98 Å². The first kappa shape index (κ1) is 15.0. The Morgan fingerprint density at radius 3 is 2.62 bits per heavy atom. The molecule has 0 aromatic carbocycles. The van der Waals surface area contributed by atoms with Gasteiger partial charge in [0.15, 0.2) is 0 Å². The van der Waals surface area contributed by atoms with Gasteiger partial charge in [0.05, 0.1) is 5.69 Å². The first-order valence-electron chi connectivity index (χ1n) is 8.50. The average Bonchev–Trinajstić information content (AvgIpc) is 3.06. The molecule has 4 heteroatoms.